The van der Waals surface area contributed by atoms with Gasteiger partial charge in [0.05, 0.1) is 5.04 Å². The zero-order valence-corrected chi connectivity index (χ0v) is 18.8. The van der Waals surface area contributed by atoms with E-state index in [0.29, 0.717) is 23.2 Å². The van der Waals surface area contributed by atoms with Crippen LogP contribution in [-0.2, 0) is 4.79 Å². The van der Waals surface area contributed by atoms with E-state index in [1.165, 1.54) is 31.5 Å². The SMILES string of the molecule is CCNC(=O)Nc1cc(C2=NC(C(F)(F)F)CS2)c(-c2ccnc(C(=O)NNC(C)=O)c2)cn1. The third kappa shape index (κ3) is 6.21. The predicted octanol–water partition coefficient (Wildman–Crippen LogP) is 2.49. The van der Waals surface area contributed by atoms with Gasteiger partial charge in [0.1, 0.15) is 11.5 Å². The maximum absolute atomic E-state index is 13.2. The van der Waals surface area contributed by atoms with Crippen molar-refractivity contribution in [2.45, 2.75) is 26.1 Å². The highest BCUT2D eigenvalue weighted by molar-refractivity contribution is 8.14. The zero-order valence-electron chi connectivity index (χ0n) is 18.0. The van der Waals surface area contributed by atoms with Crippen LogP contribution in [0.2, 0.25) is 0 Å². The average molecular weight is 495 g/mol. The number of hydrazine groups is 1. The van der Waals surface area contributed by atoms with Crippen molar-refractivity contribution in [1.82, 2.24) is 26.1 Å². The number of hydrogen-bond acceptors (Lipinski definition) is 7. The summed E-state index contributed by atoms with van der Waals surface area (Å²) >= 11 is 0.930. The van der Waals surface area contributed by atoms with E-state index in [4.69, 9.17) is 0 Å². The quantitative estimate of drug-likeness (QED) is 0.471. The predicted molar refractivity (Wildman–Crippen MR) is 120 cm³/mol. The van der Waals surface area contributed by atoms with Crippen molar-refractivity contribution in [1.29, 1.82) is 0 Å². The number of pyridine rings is 2. The van der Waals surface area contributed by atoms with Crippen LogP contribution < -0.4 is 21.5 Å². The van der Waals surface area contributed by atoms with Gasteiger partial charge >= 0.3 is 12.2 Å². The molecule has 3 heterocycles. The van der Waals surface area contributed by atoms with E-state index < -0.39 is 30.1 Å². The maximum Gasteiger partial charge on any atom is 0.411 e. The second-order valence-electron chi connectivity index (χ2n) is 6.97. The smallest absolute Gasteiger partial charge is 0.338 e. The molecule has 2 aromatic rings. The van der Waals surface area contributed by atoms with Gasteiger partial charge in [0.2, 0.25) is 5.91 Å². The molecular formula is C20H20F3N7O3S. The van der Waals surface area contributed by atoms with Gasteiger partial charge in [-0.05, 0) is 30.7 Å². The van der Waals surface area contributed by atoms with Crippen LogP contribution in [0.4, 0.5) is 23.8 Å². The molecule has 180 valence electrons. The van der Waals surface area contributed by atoms with Gasteiger partial charge in [-0.2, -0.15) is 13.2 Å². The number of aliphatic imine (C=N–C) groups is 1. The highest BCUT2D eigenvalue weighted by atomic mass is 32.2. The molecular weight excluding hydrogens is 475 g/mol. The molecule has 10 nitrogen and oxygen atoms in total. The first kappa shape index (κ1) is 25.0. The molecule has 0 bridgehead atoms. The molecule has 1 aliphatic heterocycles. The Labute approximate surface area is 196 Å². The largest absolute Gasteiger partial charge is 0.411 e. The van der Waals surface area contributed by atoms with E-state index in [0.717, 1.165) is 11.8 Å². The number of nitrogens with zero attached hydrogens (tertiary/aromatic N) is 3. The summed E-state index contributed by atoms with van der Waals surface area (Å²) in [7, 11) is 0. The summed E-state index contributed by atoms with van der Waals surface area (Å²) in [6.45, 7) is 3.31. The fourth-order valence-corrected chi connectivity index (χ4v) is 3.98. The molecule has 1 aliphatic rings. The van der Waals surface area contributed by atoms with Gasteiger partial charge < -0.3 is 5.32 Å². The minimum atomic E-state index is -4.49. The number of amides is 4. The Hall–Kier alpha value is -3.68. The highest BCUT2D eigenvalue weighted by Crippen LogP contribution is 2.36. The van der Waals surface area contributed by atoms with Gasteiger partial charge in [-0.25, -0.2) is 9.78 Å². The van der Waals surface area contributed by atoms with E-state index in [1.54, 1.807) is 13.0 Å². The Kier molecular flexibility index (Phi) is 7.71. The van der Waals surface area contributed by atoms with Crippen molar-refractivity contribution in [2.75, 3.05) is 17.6 Å². The summed E-state index contributed by atoms with van der Waals surface area (Å²) in [5.74, 6) is -1.34. The first-order valence-electron chi connectivity index (χ1n) is 9.94. The van der Waals surface area contributed by atoms with Gasteiger partial charge in [-0.3, -0.25) is 35.7 Å². The Morgan fingerprint density at radius 2 is 1.91 bits per heavy atom. The molecule has 0 saturated heterocycles. The number of hydrogen-bond donors (Lipinski definition) is 4. The highest BCUT2D eigenvalue weighted by Gasteiger charge is 2.43. The summed E-state index contributed by atoms with van der Waals surface area (Å²) in [5.41, 5.74) is 5.40. The van der Waals surface area contributed by atoms with Crippen LogP contribution in [0.15, 0.2) is 35.6 Å². The third-order valence-electron chi connectivity index (χ3n) is 4.40. The minimum Gasteiger partial charge on any atom is -0.338 e. The molecule has 1 atom stereocenters. The van der Waals surface area contributed by atoms with E-state index in [9.17, 15) is 27.6 Å². The Bertz CT molecular complexity index is 1140. The monoisotopic (exact) mass is 495 g/mol. The molecule has 0 radical (unpaired) electrons. The Balaban J connectivity index is 2.02. The fourth-order valence-electron chi connectivity index (χ4n) is 2.87. The summed E-state index contributed by atoms with van der Waals surface area (Å²) in [5, 5.41) is 5.18. The van der Waals surface area contributed by atoms with Crippen LogP contribution in [0.3, 0.4) is 0 Å². The molecule has 3 rings (SSSR count). The maximum atomic E-state index is 13.2. The molecule has 34 heavy (non-hydrogen) atoms. The molecule has 2 aromatic heterocycles. The second kappa shape index (κ2) is 10.5. The molecule has 0 aliphatic carbocycles. The molecule has 0 aromatic carbocycles. The molecule has 1 unspecified atom stereocenters. The number of nitrogens with one attached hydrogen (secondary N) is 4. The van der Waals surface area contributed by atoms with Crippen LogP contribution in [0.25, 0.3) is 11.1 Å². The summed E-state index contributed by atoms with van der Waals surface area (Å²) in [6, 6.07) is 1.99. The van der Waals surface area contributed by atoms with Crippen LogP contribution in [0.1, 0.15) is 29.9 Å². The topological polar surface area (TPSA) is 137 Å². The van der Waals surface area contributed by atoms with Gasteiger partial charge in [0.15, 0.2) is 6.04 Å². The van der Waals surface area contributed by atoms with Crippen molar-refractivity contribution < 1.29 is 27.6 Å². The lowest BCUT2D eigenvalue weighted by atomic mass is 10.0. The van der Waals surface area contributed by atoms with Crippen molar-refractivity contribution >= 4 is 40.5 Å². The van der Waals surface area contributed by atoms with Crippen molar-refractivity contribution in [2.24, 2.45) is 4.99 Å². The lowest BCUT2D eigenvalue weighted by Crippen LogP contribution is -2.40. The molecule has 0 fully saturated rings. The first-order valence-corrected chi connectivity index (χ1v) is 10.9. The molecule has 4 N–H and O–H groups in total. The Morgan fingerprint density at radius 3 is 2.56 bits per heavy atom. The van der Waals surface area contributed by atoms with Gasteiger partial charge in [0, 0.05) is 42.7 Å². The van der Waals surface area contributed by atoms with Crippen LogP contribution in [0.5, 0.6) is 0 Å². The van der Waals surface area contributed by atoms with Gasteiger partial charge in [-0.1, -0.05) is 0 Å². The minimum absolute atomic E-state index is 0.0455. The van der Waals surface area contributed by atoms with Gasteiger partial charge in [-0.15, -0.1) is 11.8 Å². The lowest BCUT2D eigenvalue weighted by Gasteiger charge is -2.13. The fraction of sp³-hybridized carbons (Fsp3) is 0.300. The van der Waals surface area contributed by atoms with Crippen LogP contribution in [0, 0.1) is 0 Å². The molecule has 0 saturated carbocycles. The second-order valence-corrected chi connectivity index (χ2v) is 7.98. The van der Waals surface area contributed by atoms with Crippen molar-refractivity contribution in [3.63, 3.8) is 0 Å². The summed E-state index contributed by atoms with van der Waals surface area (Å²) < 4.78 is 39.6. The number of aromatic nitrogens is 2. The van der Waals surface area contributed by atoms with Crippen molar-refractivity contribution in [3.05, 3.63) is 41.9 Å². The van der Waals surface area contributed by atoms with Crippen LogP contribution in [-0.4, -0.2) is 57.4 Å². The first-order chi connectivity index (χ1) is 16.1. The average Bonchev–Trinajstić information content (AvgIpc) is 3.28. The number of rotatable bonds is 5. The number of anilines is 1. The summed E-state index contributed by atoms with van der Waals surface area (Å²) in [4.78, 5) is 47.1. The number of halogens is 3. The molecule has 14 heteroatoms. The van der Waals surface area contributed by atoms with E-state index >= 15 is 0 Å². The number of carbonyl (C=O) groups excluding carboxylic acids is 3. The number of carbonyl (C=O) groups is 3. The lowest BCUT2D eigenvalue weighted by molar-refractivity contribution is -0.141. The van der Waals surface area contributed by atoms with E-state index in [1.807, 2.05) is 0 Å². The molecule has 0 spiro atoms. The van der Waals surface area contributed by atoms with Crippen LogP contribution >= 0.6 is 11.8 Å². The van der Waals surface area contributed by atoms with Gasteiger partial charge in [0.25, 0.3) is 5.91 Å². The van der Waals surface area contributed by atoms with E-state index in [2.05, 4.69) is 36.4 Å². The van der Waals surface area contributed by atoms with E-state index in [-0.39, 0.29) is 22.3 Å². The third-order valence-corrected chi connectivity index (χ3v) is 5.48. The summed E-state index contributed by atoms with van der Waals surface area (Å²) in [6.07, 6.45) is -1.79. The number of urea groups is 1. The Morgan fingerprint density at radius 1 is 1.15 bits per heavy atom. The number of alkyl halides is 3. The zero-order chi connectivity index (χ0) is 24.9. The normalized spacial score (nSPS) is 15.3. The van der Waals surface area contributed by atoms with Crippen molar-refractivity contribution in [3.8, 4) is 11.1 Å². The number of thioether (sulfide) groups is 1. The standard InChI is InChI=1S/C20H20F3N7O3S/c1-3-24-19(33)28-16-7-12(18-27-15(9-34-18)20(21,22)23)13(8-26-16)11-4-5-25-14(6-11)17(32)30-29-10(2)31/h4-8,15H,3,9H2,1-2H3,(H,29,31)(H,30,32)(H2,24,26,28,33). The molecule has 4 amide bonds.